The van der Waals surface area contributed by atoms with Crippen LogP contribution in [0.3, 0.4) is 0 Å². The summed E-state index contributed by atoms with van der Waals surface area (Å²) in [6.45, 7) is 0.503. The summed E-state index contributed by atoms with van der Waals surface area (Å²) in [4.78, 5) is 40.1. The van der Waals surface area contributed by atoms with Crippen molar-refractivity contribution >= 4 is 17.8 Å². The molecule has 2 aromatic rings. The van der Waals surface area contributed by atoms with Crippen LogP contribution in [0.4, 0.5) is 0 Å². The first-order valence-electron chi connectivity index (χ1n) is 9.08. The van der Waals surface area contributed by atoms with Gasteiger partial charge in [-0.05, 0) is 24.3 Å². The van der Waals surface area contributed by atoms with Crippen molar-refractivity contribution in [3.8, 4) is 0 Å². The van der Waals surface area contributed by atoms with E-state index in [1.807, 2.05) is 0 Å². The van der Waals surface area contributed by atoms with Gasteiger partial charge in [0.05, 0.1) is 24.9 Å². The highest BCUT2D eigenvalue weighted by atomic mass is 16.5. The number of carboxylic acids is 1. The van der Waals surface area contributed by atoms with Gasteiger partial charge in [-0.3, -0.25) is 14.5 Å². The van der Waals surface area contributed by atoms with E-state index in [9.17, 15) is 19.5 Å². The molecule has 1 aromatic heterocycles. The van der Waals surface area contributed by atoms with Gasteiger partial charge in [-0.2, -0.15) is 0 Å². The van der Waals surface area contributed by atoms with Crippen molar-refractivity contribution < 1.29 is 28.6 Å². The minimum Gasteiger partial charge on any atom is -0.548 e. The second-order valence-corrected chi connectivity index (χ2v) is 6.90. The molecule has 1 spiro atoms. The van der Waals surface area contributed by atoms with Crippen LogP contribution in [0.5, 0.6) is 0 Å². The number of nitrogens with zero attached hydrogens (tertiary/aromatic N) is 2. The number of ether oxygens (including phenoxy) is 1. The Labute approximate surface area is 161 Å². The number of aliphatic carboxylic acids is 1. The van der Waals surface area contributed by atoms with E-state index in [0.717, 1.165) is 0 Å². The Kier molecular flexibility index (Phi) is 4.64. The zero-order valence-electron chi connectivity index (χ0n) is 15.1. The zero-order chi connectivity index (χ0) is 19.7. The van der Waals surface area contributed by atoms with Crippen molar-refractivity contribution in [2.24, 2.45) is 0 Å². The predicted molar refractivity (Wildman–Crippen MR) is 93.9 cm³/mol. The Morgan fingerprint density at radius 2 is 1.71 bits per heavy atom. The summed E-state index contributed by atoms with van der Waals surface area (Å²) in [7, 11) is 0. The highest BCUT2D eigenvalue weighted by Gasteiger charge is 2.52. The van der Waals surface area contributed by atoms with E-state index in [2.05, 4.69) is 0 Å². The van der Waals surface area contributed by atoms with Gasteiger partial charge in [0, 0.05) is 31.5 Å². The number of rotatable bonds is 3. The van der Waals surface area contributed by atoms with Crippen molar-refractivity contribution in [3.63, 3.8) is 0 Å². The van der Waals surface area contributed by atoms with E-state index in [1.165, 1.54) is 11.2 Å². The van der Waals surface area contributed by atoms with Crippen molar-refractivity contribution in [2.45, 2.75) is 24.6 Å². The third-order valence-corrected chi connectivity index (χ3v) is 5.34. The molecular formula is C20H19N2O6-. The molecule has 3 heterocycles. The molecule has 2 fully saturated rings. The summed E-state index contributed by atoms with van der Waals surface area (Å²) in [5.74, 6) is -1.77. The second kappa shape index (κ2) is 7.12. The van der Waals surface area contributed by atoms with Gasteiger partial charge in [-0.25, -0.2) is 0 Å². The first-order valence-corrected chi connectivity index (χ1v) is 9.08. The van der Waals surface area contributed by atoms with Gasteiger partial charge in [0.15, 0.2) is 5.76 Å². The average Bonchev–Trinajstić information content (AvgIpc) is 3.37. The Bertz CT molecular complexity index is 871. The van der Waals surface area contributed by atoms with Crippen molar-refractivity contribution in [1.29, 1.82) is 0 Å². The number of hydrogen-bond donors (Lipinski definition) is 0. The van der Waals surface area contributed by atoms with Crippen LogP contribution in [0.1, 0.15) is 33.8 Å². The molecule has 0 saturated carbocycles. The molecule has 2 aliphatic rings. The quantitative estimate of drug-likeness (QED) is 0.765. The van der Waals surface area contributed by atoms with E-state index in [4.69, 9.17) is 9.15 Å². The topological polar surface area (TPSA) is 103 Å². The lowest BCUT2D eigenvalue weighted by Crippen LogP contribution is -2.60. The van der Waals surface area contributed by atoms with Crippen LogP contribution in [-0.4, -0.2) is 59.0 Å². The molecule has 0 N–H and O–H groups in total. The lowest BCUT2D eigenvalue weighted by molar-refractivity contribution is -0.310. The Morgan fingerprint density at radius 3 is 2.32 bits per heavy atom. The number of amides is 2. The number of likely N-dealkylation sites (tertiary alicyclic amines) is 1. The number of benzene rings is 1. The standard InChI is InChI=1S/C20H20N2O6/c23-17(14-5-2-1-3-6-14)22-15(19(25)26)13-28-20(22)8-10-21(11-9-20)18(24)16-7-4-12-27-16/h1-7,12,15H,8-11,13H2,(H,25,26)/p-1/t15-/m0/s1. The molecule has 8 nitrogen and oxygen atoms in total. The van der Waals surface area contributed by atoms with E-state index < -0.39 is 23.6 Å². The summed E-state index contributed by atoms with van der Waals surface area (Å²) in [6.07, 6.45) is 2.05. The maximum Gasteiger partial charge on any atom is 0.289 e. The highest BCUT2D eigenvalue weighted by Crippen LogP contribution is 2.38. The monoisotopic (exact) mass is 383 g/mol. The van der Waals surface area contributed by atoms with Crippen LogP contribution >= 0.6 is 0 Å². The summed E-state index contributed by atoms with van der Waals surface area (Å²) < 4.78 is 11.0. The Hall–Kier alpha value is -3.13. The summed E-state index contributed by atoms with van der Waals surface area (Å²) in [6, 6.07) is 10.6. The lowest BCUT2D eigenvalue weighted by Gasteiger charge is -2.44. The number of furan rings is 1. The number of hydrogen-bond acceptors (Lipinski definition) is 6. The van der Waals surface area contributed by atoms with Crippen LogP contribution in [-0.2, 0) is 9.53 Å². The largest absolute Gasteiger partial charge is 0.548 e. The van der Waals surface area contributed by atoms with E-state index in [0.29, 0.717) is 31.5 Å². The molecule has 2 amide bonds. The van der Waals surface area contributed by atoms with Gasteiger partial charge in [-0.1, -0.05) is 18.2 Å². The molecule has 0 bridgehead atoms. The Morgan fingerprint density at radius 1 is 1.00 bits per heavy atom. The minimum absolute atomic E-state index is 0.132. The molecule has 0 radical (unpaired) electrons. The summed E-state index contributed by atoms with van der Waals surface area (Å²) in [5, 5.41) is 11.6. The van der Waals surface area contributed by atoms with Gasteiger partial charge < -0.3 is 24.0 Å². The predicted octanol–water partition coefficient (Wildman–Crippen LogP) is 0.503. The lowest BCUT2D eigenvalue weighted by atomic mass is 9.96. The van der Waals surface area contributed by atoms with Crippen LogP contribution < -0.4 is 5.11 Å². The first-order chi connectivity index (χ1) is 13.5. The Balaban J connectivity index is 1.57. The number of carboxylic acid groups (broad SMARTS) is 1. The fourth-order valence-corrected chi connectivity index (χ4v) is 3.88. The maximum absolute atomic E-state index is 13.1. The molecule has 1 aromatic carbocycles. The summed E-state index contributed by atoms with van der Waals surface area (Å²) >= 11 is 0. The van der Waals surface area contributed by atoms with Gasteiger partial charge in [-0.15, -0.1) is 0 Å². The van der Waals surface area contributed by atoms with E-state index in [1.54, 1.807) is 47.4 Å². The van der Waals surface area contributed by atoms with Crippen LogP contribution in [0, 0.1) is 0 Å². The average molecular weight is 383 g/mol. The minimum atomic E-state index is -1.35. The van der Waals surface area contributed by atoms with Crippen LogP contribution in [0.2, 0.25) is 0 Å². The maximum atomic E-state index is 13.1. The highest BCUT2D eigenvalue weighted by molar-refractivity contribution is 5.97. The molecule has 8 heteroatoms. The van der Waals surface area contributed by atoms with Crippen molar-refractivity contribution in [1.82, 2.24) is 9.80 Å². The number of carbonyl (C=O) groups excluding carboxylic acids is 3. The first kappa shape index (κ1) is 18.2. The summed E-state index contributed by atoms with van der Waals surface area (Å²) in [5.41, 5.74) is -0.690. The van der Waals surface area contributed by atoms with Gasteiger partial charge in [0.2, 0.25) is 0 Å². The molecule has 4 rings (SSSR count). The van der Waals surface area contributed by atoms with Crippen molar-refractivity contribution in [3.05, 3.63) is 60.1 Å². The number of carbonyl (C=O) groups is 3. The molecule has 2 saturated heterocycles. The molecule has 146 valence electrons. The fraction of sp³-hybridized carbons (Fsp3) is 0.350. The second-order valence-electron chi connectivity index (χ2n) is 6.90. The smallest absolute Gasteiger partial charge is 0.289 e. The van der Waals surface area contributed by atoms with Crippen LogP contribution in [0.15, 0.2) is 53.1 Å². The van der Waals surface area contributed by atoms with Crippen LogP contribution in [0.25, 0.3) is 0 Å². The van der Waals surface area contributed by atoms with E-state index in [-0.39, 0.29) is 18.3 Å². The molecule has 0 aliphatic carbocycles. The molecule has 28 heavy (non-hydrogen) atoms. The van der Waals surface area contributed by atoms with Gasteiger partial charge >= 0.3 is 0 Å². The molecule has 1 atom stereocenters. The molecule has 2 aliphatic heterocycles. The molecular weight excluding hydrogens is 364 g/mol. The number of piperidine rings is 1. The molecule has 0 unspecified atom stereocenters. The van der Waals surface area contributed by atoms with Gasteiger partial charge in [0.25, 0.3) is 11.8 Å². The third kappa shape index (κ3) is 3.05. The third-order valence-electron chi connectivity index (χ3n) is 5.34. The SMILES string of the molecule is O=C([O-])[C@@H]1COC2(CCN(C(=O)c3ccco3)CC2)N1C(=O)c1ccccc1. The van der Waals surface area contributed by atoms with Crippen molar-refractivity contribution in [2.75, 3.05) is 19.7 Å². The normalized spacial score (nSPS) is 21.1. The van der Waals surface area contributed by atoms with E-state index >= 15 is 0 Å². The fourth-order valence-electron chi connectivity index (χ4n) is 3.88. The zero-order valence-corrected chi connectivity index (χ0v) is 15.1. The van der Waals surface area contributed by atoms with Gasteiger partial charge in [0.1, 0.15) is 5.72 Å².